The Morgan fingerprint density at radius 3 is 2.48 bits per heavy atom. The first-order chi connectivity index (χ1) is 10.8. The lowest BCUT2D eigenvalue weighted by molar-refractivity contribution is 0.104. The number of carbonyl (C=O) groups excluding carboxylic acids is 1. The SMILES string of the molecule is COc1cc(C(=O)C=Cc2ccccc2F)ccc1S(C)(=O)=O. The fourth-order valence-corrected chi connectivity index (χ4v) is 2.82. The molecular formula is C17H15FO4S. The Morgan fingerprint density at radius 2 is 1.87 bits per heavy atom. The number of rotatable bonds is 5. The highest BCUT2D eigenvalue weighted by atomic mass is 32.2. The van der Waals surface area contributed by atoms with Gasteiger partial charge < -0.3 is 4.74 Å². The molecule has 6 heteroatoms. The monoisotopic (exact) mass is 334 g/mol. The smallest absolute Gasteiger partial charge is 0.185 e. The molecule has 2 aromatic carbocycles. The molecule has 0 saturated heterocycles. The van der Waals surface area contributed by atoms with E-state index in [0.29, 0.717) is 5.56 Å². The fraction of sp³-hybridized carbons (Fsp3) is 0.118. The molecular weight excluding hydrogens is 319 g/mol. The van der Waals surface area contributed by atoms with E-state index < -0.39 is 15.7 Å². The second-order valence-electron chi connectivity index (χ2n) is 4.86. The van der Waals surface area contributed by atoms with Gasteiger partial charge in [0.2, 0.25) is 0 Å². The minimum Gasteiger partial charge on any atom is -0.495 e. The van der Waals surface area contributed by atoms with Gasteiger partial charge in [-0.25, -0.2) is 12.8 Å². The third kappa shape index (κ3) is 4.04. The van der Waals surface area contributed by atoms with Gasteiger partial charge in [0.25, 0.3) is 0 Å². The predicted molar refractivity (Wildman–Crippen MR) is 85.9 cm³/mol. The summed E-state index contributed by atoms with van der Waals surface area (Å²) in [5.41, 5.74) is 0.544. The van der Waals surface area contributed by atoms with Crippen LogP contribution in [0.15, 0.2) is 53.4 Å². The Labute approximate surface area is 134 Å². The predicted octanol–water partition coefficient (Wildman–Crippen LogP) is 3.13. The number of methoxy groups -OCH3 is 1. The summed E-state index contributed by atoms with van der Waals surface area (Å²) in [5.74, 6) is -0.717. The van der Waals surface area contributed by atoms with Crippen molar-refractivity contribution in [2.45, 2.75) is 4.90 Å². The molecule has 0 aromatic heterocycles. The standard InChI is InChI=1S/C17H15FO4S/c1-22-16-11-13(8-10-17(16)23(2,20)21)15(19)9-7-12-5-3-4-6-14(12)18/h3-11H,1-2H3. The Bertz CT molecular complexity index is 870. The highest BCUT2D eigenvalue weighted by Crippen LogP contribution is 2.25. The summed E-state index contributed by atoms with van der Waals surface area (Å²) in [5, 5.41) is 0. The molecule has 0 aliphatic carbocycles. The van der Waals surface area contributed by atoms with Gasteiger partial charge in [-0.3, -0.25) is 4.79 Å². The maximum absolute atomic E-state index is 13.5. The molecule has 0 N–H and O–H groups in total. The molecule has 0 bridgehead atoms. The number of sulfone groups is 1. The van der Waals surface area contributed by atoms with Crippen molar-refractivity contribution in [2.24, 2.45) is 0 Å². The van der Waals surface area contributed by atoms with Crippen molar-refractivity contribution in [3.05, 3.63) is 65.5 Å². The molecule has 0 radical (unpaired) electrons. The molecule has 120 valence electrons. The lowest BCUT2D eigenvalue weighted by atomic mass is 10.1. The van der Waals surface area contributed by atoms with Crippen LogP contribution in [0.1, 0.15) is 15.9 Å². The van der Waals surface area contributed by atoms with Gasteiger partial charge in [-0.05, 0) is 36.4 Å². The van der Waals surface area contributed by atoms with Gasteiger partial charge in [0, 0.05) is 17.4 Å². The molecule has 2 rings (SSSR count). The molecule has 0 fully saturated rings. The minimum absolute atomic E-state index is 0.00892. The first kappa shape index (κ1) is 16.9. The van der Waals surface area contributed by atoms with Crippen molar-refractivity contribution in [2.75, 3.05) is 13.4 Å². The molecule has 0 heterocycles. The van der Waals surface area contributed by atoms with Crippen LogP contribution in [0.5, 0.6) is 5.75 Å². The van der Waals surface area contributed by atoms with Crippen LogP contribution >= 0.6 is 0 Å². The zero-order chi connectivity index (χ0) is 17.0. The summed E-state index contributed by atoms with van der Waals surface area (Å²) in [6, 6.07) is 10.1. The molecule has 0 spiro atoms. The highest BCUT2D eigenvalue weighted by Gasteiger charge is 2.16. The molecule has 0 atom stereocenters. The van der Waals surface area contributed by atoms with Gasteiger partial charge >= 0.3 is 0 Å². The molecule has 23 heavy (non-hydrogen) atoms. The van der Waals surface area contributed by atoms with Crippen molar-refractivity contribution in [3.8, 4) is 5.75 Å². The quantitative estimate of drug-likeness (QED) is 0.622. The second-order valence-corrected chi connectivity index (χ2v) is 6.84. The Hall–Kier alpha value is -2.47. The van der Waals surface area contributed by atoms with Gasteiger partial charge in [-0.1, -0.05) is 18.2 Å². The maximum atomic E-state index is 13.5. The first-order valence-corrected chi connectivity index (χ1v) is 8.57. The van der Waals surface area contributed by atoms with Crippen LogP contribution in [0.4, 0.5) is 4.39 Å². The molecule has 0 aliphatic heterocycles. The van der Waals surface area contributed by atoms with E-state index >= 15 is 0 Å². The zero-order valence-electron chi connectivity index (χ0n) is 12.6. The number of hydrogen-bond donors (Lipinski definition) is 0. The van der Waals surface area contributed by atoms with E-state index in [1.165, 1.54) is 43.5 Å². The molecule has 0 saturated carbocycles. The van der Waals surface area contributed by atoms with E-state index in [2.05, 4.69) is 0 Å². The Morgan fingerprint density at radius 1 is 1.17 bits per heavy atom. The number of ether oxygens (including phenoxy) is 1. The minimum atomic E-state index is -3.45. The van der Waals surface area contributed by atoms with Gasteiger partial charge in [0.1, 0.15) is 16.5 Å². The van der Waals surface area contributed by atoms with Crippen LogP contribution < -0.4 is 4.74 Å². The normalized spacial score (nSPS) is 11.6. The van der Waals surface area contributed by atoms with E-state index in [1.807, 2.05) is 0 Å². The van der Waals surface area contributed by atoms with Crippen LogP contribution in [0.3, 0.4) is 0 Å². The summed E-state index contributed by atoms with van der Waals surface area (Å²) in [6.45, 7) is 0. The van der Waals surface area contributed by atoms with Crippen LogP contribution in [-0.4, -0.2) is 27.6 Å². The summed E-state index contributed by atoms with van der Waals surface area (Å²) in [7, 11) is -2.13. The fourth-order valence-electron chi connectivity index (χ4n) is 2.00. The molecule has 0 unspecified atom stereocenters. The van der Waals surface area contributed by atoms with Gasteiger partial charge in [-0.2, -0.15) is 0 Å². The molecule has 0 aliphatic rings. The van der Waals surface area contributed by atoms with Crippen LogP contribution in [0, 0.1) is 5.82 Å². The summed E-state index contributed by atoms with van der Waals surface area (Å²) < 4.78 is 41.8. The average molecular weight is 334 g/mol. The second kappa shape index (κ2) is 6.75. The topological polar surface area (TPSA) is 60.4 Å². The molecule has 0 amide bonds. The summed E-state index contributed by atoms with van der Waals surface area (Å²) >= 11 is 0. The van der Waals surface area contributed by atoms with Crippen molar-refractivity contribution in [3.63, 3.8) is 0 Å². The summed E-state index contributed by atoms with van der Waals surface area (Å²) in [4.78, 5) is 12.2. The van der Waals surface area contributed by atoms with Gasteiger partial charge in [0.05, 0.1) is 7.11 Å². The van der Waals surface area contributed by atoms with E-state index in [-0.39, 0.29) is 22.0 Å². The van der Waals surface area contributed by atoms with Crippen molar-refractivity contribution >= 4 is 21.7 Å². The van der Waals surface area contributed by atoms with E-state index in [1.54, 1.807) is 18.2 Å². The van der Waals surface area contributed by atoms with Gasteiger partial charge in [-0.15, -0.1) is 0 Å². The number of allylic oxidation sites excluding steroid dienone is 1. The van der Waals surface area contributed by atoms with Crippen molar-refractivity contribution in [1.29, 1.82) is 0 Å². The lowest BCUT2D eigenvalue weighted by Crippen LogP contribution is -2.03. The molecule has 4 nitrogen and oxygen atoms in total. The van der Waals surface area contributed by atoms with Crippen molar-refractivity contribution in [1.82, 2.24) is 0 Å². The number of ketones is 1. The average Bonchev–Trinajstić information content (AvgIpc) is 2.52. The third-order valence-electron chi connectivity index (χ3n) is 3.17. The van der Waals surface area contributed by atoms with E-state index in [0.717, 1.165) is 6.26 Å². The zero-order valence-corrected chi connectivity index (χ0v) is 13.4. The number of halogens is 1. The lowest BCUT2D eigenvalue weighted by Gasteiger charge is -2.08. The van der Waals surface area contributed by atoms with Crippen LogP contribution in [-0.2, 0) is 9.84 Å². The van der Waals surface area contributed by atoms with E-state index in [9.17, 15) is 17.6 Å². The number of benzene rings is 2. The van der Waals surface area contributed by atoms with Crippen LogP contribution in [0.2, 0.25) is 0 Å². The summed E-state index contributed by atoms with van der Waals surface area (Å²) in [6.07, 6.45) is 3.66. The van der Waals surface area contributed by atoms with Gasteiger partial charge in [0.15, 0.2) is 15.6 Å². The largest absolute Gasteiger partial charge is 0.495 e. The van der Waals surface area contributed by atoms with E-state index in [4.69, 9.17) is 4.74 Å². The highest BCUT2D eigenvalue weighted by molar-refractivity contribution is 7.90. The van der Waals surface area contributed by atoms with Crippen LogP contribution in [0.25, 0.3) is 6.08 Å². The first-order valence-electron chi connectivity index (χ1n) is 6.68. The number of hydrogen-bond acceptors (Lipinski definition) is 4. The Kier molecular flexibility index (Phi) is 4.95. The third-order valence-corrected chi connectivity index (χ3v) is 4.30. The number of carbonyl (C=O) groups is 1. The maximum Gasteiger partial charge on any atom is 0.185 e. The molecule has 2 aromatic rings. The van der Waals surface area contributed by atoms with Crippen molar-refractivity contribution < 1.29 is 22.3 Å². The Balaban J connectivity index is 2.32.